The monoisotopic (exact) mass is 224 g/mol. The van der Waals surface area contributed by atoms with Crippen molar-refractivity contribution in [1.29, 1.82) is 0 Å². The van der Waals surface area contributed by atoms with Crippen LogP contribution in [0.15, 0.2) is 18.2 Å². The van der Waals surface area contributed by atoms with E-state index in [9.17, 15) is 15.0 Å². The van der Waals surface area contributed by atoms with Crippen molar-refractivity contribution in [3.05, 3.63) is 23.8 Å². The maximum Gasteiger partial charge on any atom is 0.255 e. The van der Waals surface area contributed by atoms with Gasteiger partial charge in [0.25, 0.3) is 5.91 Å². The van der Waals surface area contributed by atoms with Crippen molar-refractivity contribution in [3.63, 3.8) is 0 Å². The first-order valence-corrected chi connectivity index (χ1v) is 5.07. The highest BCUT2D eigenvalue weighted by Crippen LogP contribution is 2.27. The molecule has 0 heterocycles. The summed E-state index contributed by atoms with van der Waals surface area (Å²) in [5.74, 6) is -1.13. The molecular weight excluding hydrogens is 208 g/mol. The molecule has 16 heavy (non-hydrogen) atoms. The fourth-order valence-electron chi connectivity index (χ4n) is 1.22. The molecule has 5 heteroatoms. The summed E-state index contributed by atoms with van der Waals surface area (Å²) in [6.07, 6.45) is 0.658. The Kier molecular flexibility index (Phi) is 4.13. The minimum Gasteiger partial charge on any atom is -0.504 e. The zero-order chi connectivity index (χ0) is 12.1. The summed E-state index contributed by atoms with van der Waals surface area (Å²) >= 11 is 0. The fraction of sp³-hybridized carbons (Fsp3) is 0.364. The average Bonchev–Trinajstić information content (AvgIpc) is 2.21. The normalized spacial score (nSPS) is 12.1. The molecule has 5 nitrogen and oxygen atoms in total. The number of hydrogen-bond donors (Lipinski definition) is 4. The van der Waals surface area contributed by atoms with E-state index < -0.39 is 11.7 Å². The van der Waals surface area contributed by atoms with E-state index in [1.165, 1.54) is 18.2 Å². The molecule has 1 amide bonds. The number of para-hydroxylation sites is 1. The molecule has 0 aliphatic carbocycles. The van der Waals surface area contributed by atoms with Crippen LogP contribution < -0.4 is 11.1 Å². The lowest BCUT2D eigenvalue weighted by Gasteiger charge is -2.08. The Morgan fingerprint density at radius 2 is 2.19 bits per heavy atom. The van der Waals surface area contributed by atoms with Gasteiger partial charge in [0, 0.05) is 12.6 Å². The second-order valence-electron chi connectivity index (χ2n) is 3.70. The third-order valence-corrected chi connectivity index (χ3v) is 2.14. The number of nitrogens with one attached hydrogen (secondary N) is 1. The number of carbonyl (C=O) groups is 1. The summed E-state index contributed by atoms with van der Waals surface area (Å²) in [6.45, 7) is 2.28. The quantitative estimate of drug-likeness (QED) is 0.562. The SMILES string of the molecule is CC(N)CCNC(=O)c1cccc(O)c1O. The average molecular weight is 224 g/mol. The first kappa shape index (κ1) is 12.3. The van der Waals surface area contributed by atoms with Crippen LogP contribution in [0.5, 0.6) is 11.5 Å². The molecule has 0 aliphatic heterocycles. The topological polar surface area (TPSA) is 95.6 Å². The van der Waals surface area contributed by atoms with Gasteiger partial charge in [-0.15, -0.1) is 0 Å². The van der Waals surface area contributed by atoms with Gasteiger partial charge in [0.1, 0.15) is 0 Å². The van der Waals surface area contributed by atoms with Crippen LogP contribution >= 0.6 is 0 Å². The minimum atomic E-state index is -0.422. The van der Waals surface area contributed by atoms with Gasteiger partial charge < -0.3 is 21.3 Å². The van der Waals surface area contributed by atoms with Crippen molar-refractivity contribution in [1.82, 2.24) is 5.32 Å². The Balaban J connectivity index is 2.63. The van der Waals surface area contributed by atoms with Gasteiger partial charge in [-0.05, 0) is 25.5 Å². The van der Waals surface area contributed by atoms with Gasteiger partial charge in [0.05, 0.1) is 5.56 Å². The van der Waals surface area contributed by atoms with Crippen molar-refractivity contribution in [3.8, 4) is 11.5 Å². The number of phenolic OH excluding ortho intramolecular Hbond substituents is 2. The van der Waals surface area contributed by atoms with Gasteiger partial charge in [-0.2, -0.15) is 0 Å². The number of benzene rings is 1. The molecule has 1 aromatic rings. The second kappa shape index (κ2) is 5.37. The molecule has 5 N–H and O–H groups in total. The Morgan fingerprint density at radius 3 is 2.81 bits per heavy atom. The van der Waals surface area contributed by atoms with E-state index in [-0.39, 0.29) is 17.4 Å². The third kappa shape index (κ3) is 3.13. The van der Waals surface area contributed by atoms with E-state index in [2.05, 4.69) is 5.32 Å². The van der Waals surface area contributed by atoms with E-state index >= 15 is 0 Å². The molecule has 0 spiro atoms. The van der Waals surface area contributed by atoms with Crippen molar-refractivity contribution in [2.75, 3.05) is 6.54 Å². The zero-order valence-corrected chi connectivity index (χ0v) is 9.10. The van der Waals surface area contributed by atoms with Crippen LogP contribution in [0.2, 0.25) is 0 Å². The van der Waals surface area contributed by atoms with E-state index in [0.29, 0.717) is 13.0 Å². The lowest BCUT2D eigenvalue weighted by atomic mass is 10.1. The first-order chi connectivity index (χ1) is 7.52. The molecule has 0 bridgehead atoms. The molecule has 1 aromatic carbocycles. The summed E-state index contributed by atoms with van der Waals surface area (Å²) in [7, 11) is 0. The molecule has 0 radical (unpaired) electrons. The fourth-order valence-corrected chi connectivity index (χ4v) is 1.22. The molecule has 88 valence electrons. The van der Waals surface area contributed by atoms with Crippen LogP contribution in [0.25, 0.3) is 0 Å². The zero-order valence-electron chi connectivity index (χ0n) is 9.10. The third-order valence-electron chi connectivity index (χ3n) is 2.14. The highest BCUT2D eigenvalue weighted by molar-refractivity contribution is 5.97. The van der Waals surface area contributed by atoms with Gasteiger partial charge in [-0.1, -0.05) is 6.07 Å². The Bertz CT molecular complexity index is 377. The molecule has 1 unspecified atom stereocenters. The van der Waals surface area contributed by atoms with Gasteiger partial charge in [-0.3, -0.25) is 4.79 Å². The standard InChI is InChI=1S/C11H16N2O3/c1-7(12)5-6-13-11(16)8-3-2-4-9(14)10(8)15/h2-4,7,14-15H,5-6,12H2,1H3,(H,13,16). The Morgan fingerprint density at radius 1 is 1.50 bits per heavy atom. The van der Waals surface area contributed by atoms with Gasteiger partial charge in [-0.25, -0.2) is 0 Å². The summed E-state index contributed by atoms with van der Waals surface area (Å²) in [4.78, 5) is 11.6. The van der Waals surface area contributed by atoms with Crippen LogP contribution in [0.3, 0.4) is 0 Å². The summed E-state index contributed by atoms with van der Waals surface area (Å²) in [5.41, 5.74) is 5.59. The Labute approximate surface area is 93.9 Å². The molecule has 0 saturated heterocycles. The van der Waals surface area contributed by atoms with Crippen molar-refractivity contribution >= 4 is 5.91 Å². The molecule has 0 saturated carbocycles. The number of aromatic hydroxyl groups is 2. The van der Waals surface area contributed by atoms with Gasteiger partial charge in [0.2, 0.25) is 0 Å². The van der Waals surface area contributed by atoms with E-state index in [0.717, 1.165) is 0 Å². The number of rotatable bonds is 4. The highest BCUT2D eigenvalue weighted by atomic mass is 16.3. The van der Waals surface area contributed by atoms with Crippen LogP contribution in [0.1, 0.15) is 23.7 Å². The smallest absolute Gasteiger partial charge is 0.255 e. The molecule has 0 aromatic heterocycles. The molecule has 1 atom stereocenters. The maximum atomic E-state index is 11.6. The van der Waals surface area contributed by atoms with E-state index in [4.69, 9.17) is 5.73 Å². The predicted molar refractivity (Wildman–Crippen MR) is 60.4 cm³/mol. The van der Waals surface area contributed by atoms with Crippen LogP contribution in [0.4, 0.5) is 0 Å². The summed E-state index contributed by atoms with van der Waals surface area (Å²) < 4.78 is 0. The molecular formula is C11H16N2O3. The molecule has 0 fully saturated rings. The minimum absolute atomic E-state index is 0.0121. The van der Waals surface area contributed by atoms with E-state index in [1.54, 1.807) is 0 Å². The van der Waals surface area contributed by atoms with Crippen molar-refractivity contribution in [2.45, 2.75) is 19.4 Å². The molecule has 0 aliphatic rings. The van der Waals surface area contributed by atoms with Crippen LogP contribution in [-0.4, -0.2) is 28.7 Å². The van der Waals surface area contributed by atoms with Crippen LogP contribution in [-0.2, 0) is 0 Å². The summed E-state index contributed by atoms with van der Waals surface area (Å²) in [5, 5.41) is 21.3. The highest BCUT2D eigenvalue weighted by Gasteiger charge is 2.13. The van der Waals surface area contributed by atoms with E-state index in [1.807, 2.05) is 6.92 Å². The number of phenols is 2. The number of amides is 1. The lowest BCUT2D eigenvalue weighted by molar-refractivity contribution is 0.0949. The largest absolute Gasteiger partial charge is 0.504 e. The summed E-state index contributed by atoms with van der Waals surface area (Å²) in [6, 6.07) is 4.26. The van der Waals surface area contributed by atoms with Gasteiger partial charge in [0.15, 0.2) is 11.5 Å². The maximum absolute atomic E-state index is 11.6. The Hall–Kier alpha value is -1.75. The first-order valence-electron chi connectivity index (χ1n) is 5.07. The van der Waals surface area contributed by atoms with Crippen molar-refractivity contribution < 1.29 is 15.0 Å². The number of nitrogens with two attached hydrogens (primary N) is 1. The number of hydrogen-bond acceptors (Lipinski definition) is 4. The van der Waals surface area contributed by atoms with Gasteiger partial charge >= 0.3 is 0 Å². The van der Waals surface area contributed by atoms with Crippen LogP contribution in [0, 0.1) is 0 Å². The van der Waals surface area contributed by atoms with Crippen molar-refractivity contribution in [2.24, 2.45) is 5.73 Å². The predicted octanol–water partition coefficient (Wildman–Crippen LogP) is 0.565. The second-order valence-corrected chi connectivity index (χ2v) is 3.70. The lowest BCUT2D eigenvalue weighted by Crippen LogP contribution is -2.28. The molecule has 1 rings (SSSR count). The number of carbonyl (C=O) groups excluding carboxylic acids is 1.